The van der Waals surface area contributed by atoms with E-state index in [0.29, 0.717) is 10.5 Å². The van der Waals surface area contributed by atoms with Gasteiger partial charge in [-0.25, -0.2) is 0 Å². The van der Waals surface area contributed by atoms with Crippen LogP contribution in [0, 0.1) is 13.8 Å². The zero-order chi connectivity index (χ0) is 33.9. The van der Waals surface area contributed by atoms with Crippen LogP contribution in [0.4, 0.5) is 11.4 Å². The Hall–Kier alpha value is -4.64. The number of thioether (sulfide) groups is 2. The van der Waals surface area contributed by atoms with Crippen molar-refractivity contribution in [2.75, 3.05) is 0 Å². The lowest BCUT2D eigenvalue weighted by Gasteiger charge is -2.17. The lowest BCUT2D eigenvalue weighted by molar-refractivity contribution is 0.958. The first-order chi connectivity index (χ1) is 24.5. The molecule has 4 heteroatoms. The third kappa shape index (κ3) is 7.43. The van der Waals surface area contributed by atoms with Crippen LogP contribution in [-0.2, 0) is 12.8 Å². The summed E-state index contributed by atoms with van der Waals surface area (Å²) < 4.78 is 0. The molecule has 0 saturated carbocycles. The SMILES string of the molecule is Cc1ccc(C2CC(c3ccc(CCc4ccc(C5=Nc6ccccc6SC(c6ccc(C)cc6)C5)cc4)cc3)=Nc3ccccc3S2)cc1. The zero-order valence-electron chi connectivity index (χ0n) is 28.6. The Kier molecular flexibility index (Phi) is 9.56. The fourth-order valence-corrected chi connectivity index (χ4v) is 9.20. The average Bonchev–Trinajstić information content (AvgIpc) is 3.48. The standard InChI is InChI=1S/C46H40N2S2/c1-31-11-21-37(22-12-31)45-29-41(47-39-7-3-5-9-43(39)49-45)35-25-17-33(18-26-35)15-16-34-19-27-36(28-20-34)42-30-46(38-23-13-32(2)14-24-38)50-44-10-6-4-8-40(44)48-42/h3-14,17-28,45-46H,15-16,29-30H2,1-2H3. The lowest BCUT2D eigenvalue weighted by Crippen LogP contribution is -2.06. The Morgan fingerprint density at radius 2 is 0.840 bits per heavy atom. The first kappa shape index (κ1) is 32.6. The molecule has 0 amide bonds. The third-order valence-corrected chi connectivity index (χ3v) is 12.4. The molecule has 6 aromatic rings. The van der Waals surface area contributed by atoms with Gasteiger partial charge in [0, 0.05) is 44.6 Å². The number of nitrogens with zero attached hydrogens (tertiary/aromatic N) is 2. The molecular formula is C46H40N2S2. The van der Waals surface area contributed by atoms with Crippen LogP contribution in [-0.4, -0.2) is 11.4 Å². The topological polar surface area (TPSA) is 24.7 Å². The molecule has 6 aromatic carbocycles. The van der Waals surface area contributed by atoms with Gasteiger partial charge in [0.05, 0.1) is 11.4 Å². The summed E-state index contributed by atoms with van der Waals surface area (Å²) in [7, 11) is 0. The average molecular weight is 685 g/mol. The summed E-state index contributed by atoms with van der Waals surface area (Å²) in [5.74, 6) is 0. The highest BCUT2D eigenvalue weighted by Gasteiger charge is 2.24. The van der Waals surface area contributed by atoms with Gasteiger partial charge in [-0.05, 0) is 84.3 Å². The van der Waals surface area contributed by atoms with E-state index in [4.69, 9.17) is 9.98 Å². The molecule has 50 heavy (non-hydrogen) atoms. The summed E-state index contributed by atoms with van der Waals surface area (Å²) >= 11 is 3.86. The Balaban J connectivity index is 0.966. The predicted octanol–water partition coefficient (Wildman–Crippen LogP) is 12.8. The Bertz CT molecular complexity index is 2000. The van der Waals surface area contributed by atoms with Crippen LogP contribution in [0.5, 0.6) is 0 Å². The first-order valence-corrected chi connectivity index (χ1v) is 19.3. The summed E-state index contributed by atoms with van der Waals surface area (Å²) in [6.07, 6.45) is 3.79. The van der Waals surface area contributed by atoms with E-state index < -0.39 is 0 Å². The fourth-order valence-electron chi connectivity index (χ4n) is 6.74. The Labute approximate surface area is 304 Å². The molecule has 2 aliphatic rings. The number of hydrogen-bond donors (Lipinski definition) is 0. The van der Waals surface area contributed by atoms with Crippen molar-refractivity contribution in [1.29, 1.82) is 0 Å². The minimum Gasteiger partial charge on any atom is -0.252 e. The maximum Gasteiger partial charge on any atom is 0.0769 e. The van der Waals surface area contributed by atoms with Gasteiger partial charge in [-0.2, -0.15) is 0 Å². The van der Waals surface area contributed by atoms with E-state index in [1.807, 2.05) is 23.5 Å². The number of para-hydroxylation sites is 2. The van der Waals surface area contributed by atoms with Gasteiger partial charge in [0.1, 0.15) is 0 Å². The van der Waals surface area contributed by atoms with Gasteiger partial charge in [-0.15, -0.1) is 23.5 Å². The quantitative estimate of drug-likeness (QED) is 0.167. The Morgan fingerprint density at radius 1 is 0.460 bits per heavy atom. The molecule has 0 saturated heterocycles. The molecule has 2 unspecified atom stereocenters. The molecule has 2 nitrogen and oxygen atoms in total. The van der Waals surface area contributed by atoms with Crippen molar-refractivity contribution >= 4 is 46.3 Å². The van der Waals surface area contributed by atoms with Crippen LogP contribution >= 0.6 is 23.5 Å². The minimum absolute atomic E-state index is 0.326. The second kappa shape index (κ2) is 14.7. The van der Waals surface area contributed by atoms with E-state index in [0.717, 1.165) is 48.5 Å². The zero-order valence-corrected chi connectivity index (χ0v) is 30.2. The summed E-state index contributed by atoms with van der Waals surface area (Å²) in [4.78, 5) is 12.9. The summed E-state index contributed by atoms with van der Waals surface area (Å²) in [6.45, 7) is 4.30. The second-order valence-corrected chi connectivity index (χ2v) is 15.9. The van der Waals surface area contributed by atoms with Gasteiger partial charge in [-0.3, -0.25) is 9.98 Å². The summed E-state index contributed by atoms with van der Waals surface area (Å²) in [5, 5.41) is 0.651. The molecule has 2 atom stereocenters. The smallest absolute Gasteiger partial charge is 0.0769 e. The maximum atomic E-state index is 5.20. The van der Waals surface area contributed by atoms with Gasteiger partial charge in [-0.1, -0.05) is 132 Å². The van der Waals surface area contributed by atoms with Crippen molar-refractivity contribution in [3.8, 4) is 0 Å². The van der Waals surface area contributed by atoms with E-state index in [9.17, 15) is 0 Å². The molecule has 2 aliphatic heterocycles. The van der Waals surface area contributed by atoms with E-state index in [-0.39, 0.29) is 0 Å². The van der Waals surface area contributed by atoms with Gasteiger partial charge in [0.2, 0.25) is 0 Å². The fraction of sp³-hybridized carbons (Fsp3) is 0.174. The van der Waals surface area contributed by atoms with E-state index in [2.05, 4.69) is 159 Å². The van der Waals surface area contributed by atoms with Gasteiger partial charge < -0.3 is 0 Å². The van der Waals surface area contributed by atoms with Crippen molar-refractivity contribution in [3.63, 3.8) is 0 Å². The largest absolute Gasteiger partial charge is 0.252 e. The summed E-state index contributed by atoms with van der Waals surface area (Å²) in [6, 6.07) is 53.3. The normalized spacial score (nSPS) is 17.1. The third-order valence-electron chi connectivity index (χ3n) is 9.71. The van der Waals surface area contributed by atoms with Gasteiger partial charge in [0.15, 0.2) is 0 Å². The van der Waals surface area contributed by atoms with Gasteiger partial charge >= 0.3 is 0 Å². The molecule has 0 spiro atoms. The highest BCUT2D eigenvalue weighted by molar-refractivity contribution is 8.00. The van der Waals surface area contributed by atoms with Gasteiger partial charge in [0.25, 0.3) is 0 Å². The molecule has 246 valence electrons. The predicted molar refractivity (Wildman–Crippen MR) is 214 cm³/mol. The molecule has 0 bridgehead atoms. The number of hydrogen-bond acceptors (Lipinski definition) is 4. The van der Waals surface area contributed by atoms with Crippen LogP contribution in [0.2, 0.25) is 0 Å². The highest BCUT2D eigenvalue weighted by Crippen LogP contribution is 2.47. The Morgan fingerprint density at radius 3 is 1.24 bits per heavy atom. The molecule has 0 aliphatic carbocycles. The minimum atomic E-state index is 0.326. The number of aryl methyl sites for hydroxylation is 4. The molecule has 0 aromatic heterocycles. The van der Waals surface area contributed by atoms with Crippen molar-refractivity contribution < 1.29 is 0 Å². The molecular weight excluding hydrogens is 645 g/mol. The monoisotopic (exact) mass is 684 g/mol. The number of aliphatic imine (C=N–C) groups is 2. The maximum absolute atomic E-state index is 5.20. The van der Waals surface area contributed by atoms with E-state index >= 15 is 0 Å². The molecule has 0 N–H and O–H groups in total. The van der Waals surface area contributed by atoms with E-state index in [1.165, 1.54) is 54.3 Å². The lowest BCUT2D eigenvalue weighted by atomic mass is 9.97. The first-order valence-electron chi connectivity index (χ1n) is 17.5. The molecule has 0 fully saturated rings. The highest BCUT2D eigenvalue weighted by atomic mass is 32.2. The van der Waals surface area contributed by atoms with Crippen LogP contribution in [0.3, 0.4) is 0 Å². The van der Waals surface area contributed by atoms with Crippen molar-refractivity contribution in [1.82, 2.24) is 0 Å². The number of benzene rings is 6. The second-order valence-electron chi connectivity index (χ2n) is 13.4. The molecule has 8 rings (SSSR count). The summed E-state index contributed by atoms with van der Waals surface area (Å²) in [5.41, 5.74) is 14.8. The van der Waals surface area contributed by atoms with Crippen LogP contribution < -0.4 is 0 Å². The van der Waals surface area contributed by atoms with E-state index in [1.54, 1.807) is 0 Å². The molecule has 0 radical (unpaired) electrons. The van der Waals surface area contributed by atoms with Crippen LogP contribution in [0.1, 0.15) is 67.8 Å². The molecule has 2 heterocycles. The van der Waals surface area contributed by atoms with Crippen molar-refractivity contribution in [2.45, 2.75) is 59.8 Å². The number of rotatable bonds is 7. The van der Waals surface area contributed by atoms with Crippen LogP contribution in [0.25, 0.3) is 0 Å². The van der Waals surface area contributed by atoms with Crippen LogP contribution in [0.15, 0.2) is 165 Å². The number of fused-ring (bicyclic) bond motifs is 2. The van der Waals surface area contributed by atoms with Crippen molar-refractivity contribution in [3.05, 3.63) is 190 Å². The van der Waals surface area contributed by atoms with Crippen molar-refractivity contribution in [2.24, 2.45) is 9.98 Å².